The largest absolute Gasteiger partial charge is 0.494 e. The number of para-hydroxylation sites is 2. The van der Waals surface area contributed by atoms with Gasteiger partial charge < -0.3 is 14.8 Å². The molecule has 34 heavy (non-hydrogen) atoms. The van der Waals surface area contributed by atoms with Crippen LogP contribution in [0.3, 0.4) is 0 Å². The molecule has 9 heteroatoms. The van der Waals surface area contributed by atoms with Crippen molar-refractivity contribution >= 4 is 27.3 Å². The highest BCUT2D eigenvalue weighted by Gasteiger charge is 2.27. The number of anilines is 2. The molecular weight excluding hydrogens is 459 g/mol. The molecule has 0 fully saturated rings. The molecule has 0 spiro atoms. The predicted octanol–water partition coefficient (Wildman–Crippen LogP) is 4.85. The first kappa shape index (κ1) is 25.0. The van der Waals surface area contributed by atoms with Crippen molar-refractivity contribution in [1.82, 2.24) is 0 Å². The van der Waals surface area contributed by atoms with E-state index in [1.807, 2.05) is 20.8 Å². The Morgan fingerprint density at radius 3 is 2.26 bits per heavy atom. The number of carbonyl (C=O) groups excluding carboxylic acids is 1. The lowest BCUT2D eigenvalue weighted by Gasteiger charge is -2.24. The minimum atomic E-state index is -4.15. The lowest BCUT2D eigenvalue weighted by atomic mass is 10.2. The van der Waals surface area contributed by atoms with Crippen LogP contribution < -0.4 is 19.1 Å². The Hall–Kier alpha value is -3.59. The number of sulfonamides is 1. The maximum Gasteiger partial charge on any atom is 0.264 e. The zero-order chi connectivity index (χ0) is 24.7. The molecule has 1 N–H and O–H groups in total. The van der Waals surface area contributed by atoms with E-state index >= 15 is 0 Å². The van der Waals surface area contributed by atoms with Crippen LogP contribution in [0.4, 0.5) is 15.8 Å². The van der Waals surface area contributed by atoms with E-state index in [0.29, 0.717) is 23.8 Å². The number of amides is 1. The number of hydrogen-bond donors (Lipinski definition) is 1. The molecule has 0 aliphatic heterocycles. The molecule has 1 amide bonds. The number of halogens is 1. The van der Waals surface area contributed by atoms with E-state index in [-0.39, 0.29) is 16.7 Å². The standard InChI is InChI=1S/C25H27FN2O5S/c1-4-32-21-13-15-22(16-14-21)34(30,31)28(20-11-9-19(26)10-12-20)17-25(29)27-23-7-5-6-8-24(23)33-18(2)3/h5-16,18H,4,17H2,1-3H3,(H,27,29). The predicted molar refractivity (Wildman–Crippen MR) is 129 cm³/mol. The highest BCUT2D eigenvalue weighted by molar-refractivity contribution is 7.92. The fourth-order valence-electron chi connectivity index (χ4n) is 3.17. The first-order valence-corrected chi connectivity index (χ1v) is 12.2. The molecule has 0 saturated heterocycles. The second-order valence-electron chi connectivity index (χ2n) is 7.60. The number of benzene rings is 3. The van der Waals surface area contributed by atoms with E-state index in [4.69, 9.17) is 9.47 Å². The Bertz CT molecular complexity index is 1210. The van der Waals surface area contributed by atoms with Gasteiger partial charge in [0, 0.05) is 0 Å². The van der Waals surface area contributed by atoms with Crippen molar-refractivity contribution < 1.29 is 27.1 Å². The zero-order valence-electron chi connectivity index (χ0n) is 19.2. The maximum atomic E-state index is 13.5. The monoisotopic (exact) mass is 486 g/mol. The molecule has 0 aromatic heterocycles. The average Bonchev–Trinajstić information content (AvgIpc) is 2.80. The average molecular weight is 487 g/mol. The van der Waals surface area contributed by atoms with Crippen molar-refractivity contribution in [2.24, 2.45) is 0 Å². The third kappa shape index (κ3) is 6.26. The van der Waals surface area contributed by atoms with Gasteiger partial charge in [-0.25, -0.2) is 12.8 Å². The summed E-state index contributed by atoms with van der Waals surface area (Å²) in [6.45, 7) is 5.45. The molecule has 0 radical (unpaired) electrons. The van der Waals surface area contributed by atoms with Crippen molar-refractivity contribution in [3.05, 3.63) is 78.6 Å². The fourth-order valence-corrected chi connectivity index (χ4v) is 4.59. The van der Waals surface area contributed by atoms with Gasteiger partial charge in [-0.15, -0.1) is 0 Å². The van der Waals surface area contributed by atoms with Gasteiger partial charge in [0.1, 0.15) is 23.9 Å². The summed E-state index contributed by atoms with van der Waals surface area (Å²) in [6, 6.07) is 17.7. The Labute approximate surface area is 199 Å². The molecule has 0 bridgehead atoms. The van der Waals surface area contributed by atoms with E-state index in [2.05, 4.69) is 5.32 Å². The number of nitrogens with zero attached hydrogens (tertiary/aromatic N) is 1. The van der Waals surface area contributed by atoms with Gasteiger partial charge in [-0.3, -0.25) is 9.10 Å². The SMILES string of the molecule is CCOc1ccc(S(=O)(=O)N(CC(=O)Nc2ccccc2OC(C)C)c2ccc(F)cc2)cc1. The lowest BCUT2D eigenvalue weighted by Crippen LogP contribution is -2.38. The molecule has 180 valence electrons. The minimum Gasteiger partial charge on any atom is -0.494 e. The third-order valence-electron chi connectivity index (χ3n) is 4.65. The fraction of sp³-hybridized carbons (Fsp3) is 0.240. The number of ether oxygens (including phenoxy) is 2. The molecule has 0 unspecified atom stereocenters. The van der Waals surface area contributed by atoms with E-state index in [9.17, 15) is 17.6 Å². The summed E-state index contributed by atoms with van der Waals surface area (Å²) < 4.78 is 52.5. The summed E-state index contributed by atoms with van der Waals surface area (Å²) in [6.07, 6.45) is -0.117. The highest BCUT2D eigenvalue weighted by atomic mass is 32.2. The summed E-state index contributed by atoms with van der Waals surface area (Å²) in [7, 11) is -4.15. The molecule has 3 aromatic carbocycles. The van der Waals surface area contributed by atoms with Gasteiger partial charge in [0.05, 0.1) is 29.0 Å². The van der Waals surface area contributed by atoms with Crippen LogP contribution in [-0.2, 0) is 14.8 Å². The topological polar surface area (TPSA) is 84.9 Å². The summed E-state index contributed by atoms with van der Waals surface area (Å²) in [5, 5.41) is 2.71. The van der Waals surface area contributed by atoms with Crippen LogP contribution in [0.25, 0.3) is 0 Å². The van der Waals surface area contributed by atoms with Crippen LogP contribution >= 0.6 is 0 Å². The van der Waals surface area contributed by atoms with E-state index in [1.54, 1.807) is 36.4 Å². The van der Waals surface area contributed by atoms with Gasteiger partial charge in [-0.1, -0.05) is 12.1 Å². The molecule has 3 aromatic rings. The molecule has 7 nitrogen and oxygen atoms in total. The van der Waals surface area contributed by atoms with E-state index in [0.717, 1.165) is 16.4 Å². The second kappa shape index (κ2) is 11.0. The van der Waals surface area contributed by atoms with Gasteiger partial charge in [-0.05, 0) is 81.4 Å². The van der Waals surface area contributed by atoms with Crippen molar-refractivity contribution in [3.8, 4) is 11.5 Å². The maximum absolute atomic E-state index is 13.5. The summed E-state index contributed by atoms with van der Waals surface area (Å²) in [5.41, 5.74) is 0.566. The van der Waals surface area contributed by atoms with Gasteiger partial charge >= 0.3 is 0 Å². The van der Waals surface area contributed by atoms with E-state index < -0.39 is 28.3 Å². The Kier molecular flexibility index (Phi) is 8.12. The van der Waals surface area contributed by atoms with Crippen LogP contribution in [0.2, 0.25) is 0 Å². The number of carbonyl (C=O) groups is 1. The van der Waals surface area contributed by atoms with Crippen molar-refractivity contribution in [3.63, 3.8) is 0 Å². The molecule has 0 aliphatic rings. The van der Waals surface area contributed by atoms with E-state index in [1.165, 1.54) is 24.3 Å². The van der Waals surface area contributed by atoms with Gasteiger partial charge in [-0.2, -0.15) is 0 Å². The zero-order valence-corrected chi connectivity index (χ0v) is 20.0. The Balaban J connectivity index is 1.91. The minimum absolute atomic E-state index is 0.0309. The molecule has 0 saturated carbocycles. The van der Waals surface area contributed by atoms with Gasteiger partial charge in [0.2, 0.25) is 5.91 Å². The third-order valence-corrected chi connectivity index (χ3v) is 6.44. The molecule has 0 heterocycles. The Morgan fingerprint density at radius 1 is 1.00 bits per heavy atom. The van der Waals surface area contributed by atoms with Crippen LogP contribution in [0.15, 0.2) is 77.7 Å². The normalized spacial score (nSPS) is 11.2. The summed E-state index contributed by atoms with van der Waals surface area (Å²) in [4.78, 5) is 12.9. The van der Waals surface area contributed by atoms with Crippen molar-refractivity contribution in [2.75, 3.05) is 22.8 Å². The molecule has 0 atom stereocenters. The highest BCUT2D eigenvalue weighted by Crippen LogP contribution is 2.27. The first-order valence-electron chi connectivity index (χ1n) is 10.8. The number of hydrogen-bond acceptors (Lipinski definition) is 5. The van der Waals surface area contributed by atoms with Crippen molar-refractivity contribution in [1.29, 1.82) is 0 Å². The lowest BCUT2D eigenvalue weighted by molar-refractivity contribution is -0.114. The summed E-state index contributed by atoms with van der Waals surface area (Å²) in [5.74, 6) is -0.118. The molecular formula is C25H27FN2O5S. The van der Waals surface area contributed by atoms with Gasteiger partial charge in [0.25, 0.3) is 10.0 Å². The van der Waals surface area contributed by atoms with Crippen LogP contribution in [0.5, 0.6) is 11.5 Å². The van der Waals surface area contributed by atoms with Crippen LogP contribution in [0.1, 0.15) is 20.8 Å². The van der Waals surface area contributed by atoms with Gasteiger partial charge in [0.15, 0.2) is 0 Å². The number of nitrogens with one attached hydrogen (secondary N) is 1. The quantitative estimate of drug-likeness (QED) is 0.443. The molecule has 3 rings (SSSR count). The molecule has 0 aliphatic carbocycles. The van der Waals surface area contributed by atoms with Crippen LogP contribution in [-0.4, -0.2) is 33.6 Å². The van der Waals surface area contributed by atoms with Crippen molar-refractivity contribution in [2.45, 2.75) is 31.8 Å². The van der Waals surface area contributed by atoms with Crippen LogP contribution in [0, 0.1) is 5.82 Å². The second-order valence-corrected chi connectivity index (χ2v) is 9.47. The summed E-state index contributed by atoms with van der Waals surface area (Å²) >= 11 is 0. The number of rotatable bonds is 10. The smallest absolute Gasteiger partial charge is 0.264 e. The Morgan fingerprint density at radius 2 is 1.65 bits per heavy atom. The first-order chi connectivity index (χ1) is 16.2.